The lowest BCUT2D eigenvalue weighted by Gasteiger charge is -2.25. The number of hydrogen-bond acceptors (Lipinski definition) is 2. The monoisotopic (exact) mass is 464 g/mol. The molecular weight excluding hydrogens is 424 g/mol. The number of nitrogens with zero attached hydrogens (tertiary/aromatic N) is 2. The smallest absolute Gasteiger partial charge is 0.0635 e. The van der Waals surface area contributed by atoms with Crippen LogP contribution >= 0.6 is 0 Å². The highest BCUT2D eigenvalue weighted by molar-refractivity contribution is 5.94. The number of aliphatic imine (C=N–C) groups is 1. The Morgan fingerprint density at radius 3 is 2.06 bits per heavy atom. The Morgan fingerprint density at radius 1 is 0.800 bits per heavy atom. The van der Waals surface area contributed by atoms with E-state index >= 15 is 0 Å². The van der Waals surface area contributed by atoms with Crippen LogP contribution in [0.25, 0.3) is 10.8 Å². The first-order chi connectivity index (χ1) is 16.3. The molecule has 3 aromatic carbocycles. The third-order valence-electron chi connectivity index (χ3n) is 7.22. The maximum atomic E-state index is 4.80. The van der Waals surface area contributed by atoms with Gasteiger partial charge in [0.15, 0.2) is 0 Å². The molecule has 1 heterocycles. The van der Waals surface area contributed by atoms with E-state index in [2.05, 4.69) is 134 Å². The van der Waals surface area contributed by atoms with Gasteiger partial charge in [0.1, 0.15) is 0 Å². The van der Waals surface area contributed by atoms with Crippen LogP contribution in [0.2, 0.25) is 0 Å². The molecule has 1 aliphatic rings. The van der Waals surface area contributed by atoms with Crippen LogP contribution in [0, 0.1) is 0 Å². The molecule has 0 spiro atoms. The molecule has 0 bridgehead atoms. The standard InChI is InChI=1S/C33H40N2/c1-31(2,3)24-20-25(32(4,5)6)22-26(21-24)34-19-13-12-16-29-33(7,8)30-27-15-11-10-14-23(27)17-18-28(30)35(29)9/h10-22H,1-9H3/b13-12+,29-16-,34-19?. The van der Waals surface area contributed by atoms with Crippen LogP contribution in [-0.2, 0) is 16.2 Å². The molecule has 0 N–H and O–H groups in total. The van der Waals surface area contributed by atoms with Crippen molar-refractivity contribution in [2.45, 2.75) is 71.6 Å². The summed E-state index contributed by atoms with van der Waals surface area (Å²) in [5, 5.41) is 2.63. The highest BCUT2D eigenvalue weighted by Crippen LogP contribution is 2.49. The van der Waals surface area contributed by atoms with Crippen molar-refractivity contribution in [1.82, 2.24) is 0 Å². The molecule has 0 saturated carbocycles. The molecule has 2 nitrogen and oxygen atoms in total. The predicted octanol–water partition coefficient (Wildman–Crippen LogP) is 9.00. The second-order valence-electron chi connectivity index (χ2n) is 12.3. The molecule has 0 saturated heterocycles. The molecule has 1 aliphatic heterocycles. The number of allylic oxidation sites excluding steroid dienone is 4. The molecular formula is C33H40N2. The van der Waals surface area contributed by atoms with Crippen LogP contribution in [0.5, 0.6) is 0 Å². The zero-order valence-electron chi connectivity index (χ0n) is 22.9. The summed E-state index contributed by atoms with van der Waals surface area (Å²) in [5.74, 6) is 0. The molecule has 182 valence electrons. The summed E-state index contributed by atoms with van der Waals surface area (Å²) in [4.78, 5) is 7.12. The molecule has 0 unspecified atom stereocenters. The lowest BCUT2D eigenvalue weighted by atomic mass is 9.80. The van der Waals surface area contributed by atoms with E-state index in [-0.39, 0.29) is 16.2 Å². The van der Waals surface area contributed by atoms with Gasteiger partial charge >= 0.3 is 0 Å². The Kier molecular flexibility index (Phi) is 6.30. The van der Waals surface area contributed by atoms with Crippen LogP contribution in [-0.4, -0.2) is 13.3 Å². The summed E-state index contributed by atoms with van der Waals surface area (Å²) in [6.45, 7) is 18.2. The Balaban J connectivity index is 1.62. The van der Waals surface area contributed by atoms with Gasteiger partial charge in [-0.05, 0) is 68.6 Å². The van der Waals surface area contributed by atoms with Crippen LogP contribution in [0.15, 0.2) is 83.5 Å². The number of fused-ring (bicyclic) bond motifs is 3. The highest BCUT2D eigenvalue weighted by atomic mass is 15.2. The average Bonchev–Trinajstić information content (AvgIpc) is 2.97. The predicted molar refractivity (Wildman–Crippen MR) is 155 cm³/mol. The molecule has 0 amide bonds. The Hall–Kier alpha value is -3.13. The number of benzene rings is 3. The minimum atomic E-state index is -0.0743. The zero-order chi connectivity index (χ0) is 25.6. The van der Waals surface area contributed by atoms with Crippen molar-refractivity contribution in [1.29, 1.82) is 0 Å². The van der Waals surface area contributed by atoms with Crippen LogP contribution in [0.3, 0.4) is 0 Å². The van der Waals surface area contributed by atoms with E-state index in [0.717, 1.165) is 5.69 Å². The SMILES string of the molecule is CN1/C(=C\C=C\C=Nc2cc(C(C)(C)C)cc(C(C)(C)C)c2)C(C)(C)c2c1ccc1ccccc21. The van der Waals surface area contributed by atoms with E-state index in [0.29, 0.717) is 0 Å². The van der Waals surface area contributed by atoms with Gasteiger partial charge in [0.05, 0.1) is 5.69 Å². The normalized spacial score (nSPS) is 17.3. The van der Waals surface area contributed by atoms with Crippen molar-refractivity contribution in [3.05, 3.63) is 95.2 Å². The van der Waals surface area contributed by atoms with E-state index < -0.39 is 0 Å². The van der Waals surface area contributed by atoms with Gasteiger partial charge in [0.2, 0.25) is 0 Å². The largest absolute Gasteiger partial charge is 0.347 e. The maximum Gasteiger partial charge on any atom is 0.0635 e. The summed E-state index contributed by atoms with van der Waals surface area (Å²) in [7, 11) is 2.17. The van der Waals surface area contributed by atoms with Crippen LogP contribution in [0.4, 0.5) is 11.4 Å². The van der Waals surface area contributed by atoms with E-state index in [1.807, 2.05) is 12.3 Å². The molecule has 0 radical (unpaired) electrons. The summed E-state index contributed by atoms with van der Waals surface area (Å²) < 4.78 is 0. The highest BCUT2D eigenvalue weighted by Gasteiger charge is 2.39. The van der Waals surface area contributed by atoms with E-state index in [4.69, 9.17) is 4.99 Å². The third kappa shape index (κ3) is 4.85. The summed E-state index contributed by atoms with van der Waals surface area (Å²) in [6, 6.07) is 19.9. The number of hydrogen-bond donors (Lipinski definition) is 0. The van der Waals surface area contributed by atoms with Gasteiger partial charge in [-0.3, -0.25) is 4.99 Å². The third-order valence-corrected chi connectivity index (χ3v) is 7.22. The number of anilines is 1. The number of likely N-dealkylation sites (N-methyl/N-ethyl adjacent to an activating group) is 1. The maximum absolute atomic E-state index is 4.80. The fourth-order valence-electron chi connectivity index (χ4n) is 5.07. The fraction of sp³-hybridized carbons (Fsp3) is 0.364. The van der Waals surface area contributed by atoms with Crippen molar-refractivity contribution in [3.8, 4) is 0 Å². The minimum Gasteiger partial charge on any atom is -0.347 e. The Labute approximate surface area is 212 Å². The second kappa shape index (κ2) is 8.82. The topological polar surface area (TPSA) is 15.6 Å². The van der Waals surface area contributed by atoms with Gasteiger partial charge in [0, 0.05) is 30.1 Å². The van der Waals surface area contributed by atoms with Gasteiger partial charge in [-0.2, -0.15) is 0 Å². The molecule has 4 rings (SSSR count). The van der Waals surface area contributed by atoms with Gasteiger partial charge in [0.25, 0.3) is 0 Å². The summed E-state index contributed by atoms with van der Waals surface area (Å²) in [5.41, 5.74) is 7.73. The van der Waals surface area contributed by atoms with Crippen molar-refractivity contribution >= 4 is 28.4 Å². The molecule has 3 aromatic rings. The van der Waals surface area contributed by atoms with E-state index in [9.17, 15) is 0 Å². The first kappa shape index (κ1) is 25.0. The molecule has 0 aliphatic carbocycles. The molecule has 0 atom stereocenters. The molecule has 2 heteroatoms. The first-order valence-corrected chi connectivity index (χ1v) is 12.6. The van der Waals surface area contributed by atoms with Gasteiger partial charge < -0.3 is 4.90 Å². The number of rotatable bonds is 3. The van der Waals surface area contributed by atoms with Gasteiger partial charge in [-0.1, -0.05) is 97.9 Å². The van der Waals surface area contributed by atoms with Crippen LogP contribution < -0.4 is 4.90 Å². The lowest BCUT2D eigenvalue weighted by Crippen LogP contribution is -2.22. The Bertz CT molecular complexity index is 1310. The molecule has 35 heavy (non-hydrogen) atoms. The van der Waals surface area contributed by atoms with Crippen molar-refractivity contribution in [3.63, 3.8) is 0 Å². The minimum absolute atomic E-state index is 0.0743. The summed E-state index contributed by atoms with van der Waals surface area (Å²) >= 11 is 0. The molecule has 0 fully saturated rings. The van der Waals surface area contributed by atoms with E-state index in [1.54, 1.807) is 0 Å². The van der Waals surface area contributed by atoms with Crippen LogP contribution in [0.1, 0.15) is 72.1 Å². The first-order valence-electron chi connectivity index (χ1n) is 12.6. The average molecular weight is 465 g/mol. The fourth-order valence-corrected chi connectivity index (χ4v) is 5.07. The zero-order valence-corrected chi connectivity index (χ0v) is 22.9. The Morgan fingerprint density at radius 2 is 1.43 bits per heavy atom. The lowest BCUT2D eigenvalue weighted by molar-refractivity contribution is 0.569. The van der Waals surface area contributed by atoms with Gasteiger partial charge in [-0.15, -0.1) is 0 Å². The quantitative estimate of drug-likeness (QED) is 0.353. The van der Waals surface area contributed by atoms with Crippen molar-refractivity contribution in [2.75, 3.05) is 11.9 Å². The van der Waals surface area contributed by atoms with Crippen molar-refractivity contribution < 1.29 is 0 Å². The van der Waals surface area contributed by atoms with Gasteiger partial charge in [-0.25, -0.2) is 0 Å². The van der Waals surface area contributed by atoms with Crippen molar-refractivity contribution in [2.24, 2.45) is 4.99 Å². The second-order valence-corrected chi connectivity index (χ2v) is 12.3. The summed E-state index contributed by atoms with van der Waals surface area (Å²) in [6.07, 6.45) is 8.30. The molecule has 0 aromatic heterocycles. The van der Waals surface area contributed by atoms with E-state index in [1.165, 1.54) is 38.8 Å².